The van der Waals surface area contributed by atoms with Crippen LogP contribution in [0.15, 0.2) is 30.3 Å². The lowest BCUT2D eigenvalue weighted by Crippen LogP contribution is -2.52. The molecule has 1 aromatic carbocycles. The van der Waals surface area contributed by atoms with E-state index in [1.54, 1.807) is 0 Å². The van der Waals surface area contributed by atoms with Gasteiger partial charge in [-0.2, -0.15) is 0 Å². The predicted octanol–water partition coefficient (Wildman–Crippen LogP) is 4.29. The number of benzene rings is 1. The molecule has 0 amide bonds. The van der Waals surface area contributed by atoms with Crippen LogP contribution in [-0.4, -0.2) is 47.7 Å². The fourth-order valence-electron chi connectivity index (χ4n) is 4.78. The summed E-state index contributed by atoms with van der Waals surface area (Å²) in [4.78, 5) is 20.6. The summed E-state index contributed by atoms with van der Waals surface area (Å²) in [7, 11) is 0. The second-order valence-corrected chi connectivity index (χ2v) is 9.69. The SMILES string of the molecule is CC(C)(C)C(=O)ON1CCC(N(C2CCCCC2)[C@@H](CN)c2ccccc2)CC1. The maximum Gasteiger partial charge on any atom is 0.330 e. The minimum atomic E-state index is -0.469. The van der Waals surface area contributed by atoms with Crippen LogP contribution >= 0.6 is 0 Å². The molecule has 0 radical (unpaired) electrons. The Kier molecular flexibility index (Phi) is 7.72. The number of hydrogen-bond acceptors (Lipinski definition) is 5. The summed E-state index contributed by atoms with van der Waals surface area (Å²) >= 11 is 0. The van der Waals surface area contributed by atoms with Crippen molar-refractivity contribution in [2.24, 2.45) is 11.1 Å². The molecule has 2 fully saturated rings. The van der Waals surface area contributed by atoms with Crippen molar-refractivity contribution in [1.82, 2.24) is 9.96 Å². The summed E-state index contributed by atoms with van der Waals surface area (Å²) in [6.07, 6.45) is 8.54. The standard InChI is InChI=1S/C24H39N3O2/c1-24(2,3)23(28)29-26-16-14-21(15-17-26)27(20-12-8-5-9-13-20)22(18-25)19-10-6-4-7-11-19/h4,6-7,10-11,20-22H,5,8-9,12-18,25H2,1-3H3/t22-/m0/s1. The van der Waals surface area contributed by atoms with E-state index in [-0.39, 0.29) is 12.0 Å². The Morgan fingerprint density at radius 3 is 2.21 bits per heavy atom. The molecule has 0 unspecified atom stereocenters. The van der Waals surface area contributed by atoms with Crippen molar-refractivity contribution in [1.29, 1.82) is 0 Å². The zero-order valence-electron chi connectivity index (χ0n) is 18.5. The number of rotatable bonds is 6. The molecule has 0 spiro atoms. The quantitative estimate of drug-likeness (QED) is 0.770. The van der Waals surface area contributed by atoms with Crippen LogP contribution in [0.5, 0.6) is 0 Å². The first kappa shape index (κ1) is 22.3. The minimum Gasteiger partial charge on any atom is -0.367 e. The van der Waals surface area contributed by atoms with Crippen molar-refractivity contribution in [2.45, 2.75) is 83.8 Å². The second-order valence-electron chi connectivity index (χ2n) is 9.69. The van der Waals surface area contributed by atoms with E-state index < -0.39 is 5.41 Å². The van der Waals surface area contributed by atoms with E-state index in [1.807, 2.05) is 25.8 Å². The van der Waals surface area contributed by atoms with Crippen molar-refractivity contribution < 1.29 is 9.63 Å². The van der Waals surface area contributed by atoms with Crippen LogP contribution in [0.3, 0.4) is 0 Å². The highest BCUT2D eigenvalue weighted by atomic mass is 16.7. The lowest BCUT2D eigenvalue weighted by atomic mass is 9.88. The Morgan fingerprint density at radius 2 is 1.66 bits per heavy atom. The largest absolute Gasteiger partial charge is 0.367 e. The Labute approximate surface area is 176 Å². The molecule has 0 aromatic heterocycles. The molecular weight excluding hydrogens is 362 g/mol. The van der Waals surface area contributed by atoms with Gasteiger partial charge >= 0.3 is 5.97 Å². The van der Waals surface area contributed by atoms with Crippen molar-refractivity contribution in [2.75, 3.05) is 19.6 Å². The van der Waals surface area contributed by atoms with Gasteiger partial charge in [-0.3, -0.25) is 4.90 Å². The van der Waals surface area contributed by atoms with Crippen molar-refractivity contribution >= 4 is 5.97 Å². The fourth-order valence-corrected chi connectivity index (χ4v) is 4.78. The molecule has 1 saturated heterocycles. The molecule has 0 bridgehead atoms. The number of hydrogen-bond donors (Lipinski definition) is 1. The summed E-state index contributed by atoms with van der Waals surface area (Å²) in [5, 5.41) is 1.86. The average Bonchev–Trinajstić information content (AvgIpc) is 2.73. The molecular formula is C24H39N3O2. The van der Waals surface area contributed by atoms with Crippen molar-refractivity contribution in [3.63, 3.8) is 0 Å². The van der Waals surface area contributed by atoms with Gasteiger partial charge in [0.15, 0.2) is 0 Å². The maximum atomic E-state index is 12.2. The van der Waals surface area contributed by atoms with E-state index in [2.05, 4.69) is 35.2 Å². The Balaban J connectivity index is 1.71. The molecule has 2 N–H and O–H groups in total. The van der Waals surface area contributed by atoms with Gasteiger partial charge in [-0.05, 0) is 52.0 Å². The zero-order valence-corrected chi connectivity index (χ0v) is 18.5. The highest BCUT2D eigenvalue weighted by molar-refractivity contribution is 5.75. The molecule has 162 valence electrons. The third kappa shape index (κ3) is 5.80. The Hall–Kier alpha value is -1.43. The molecule has 1 heterocycles. The van der Waals surface area contributed by atoms with Crippen molar-refractivity contribution in [3.8, 4) is 0 Å². The van der Waals surface area contributed by atoms with Crippen LogP contribution in [0.4, 0.5) is 0 Å². The first-order valence-corrected chi connectivity index (χ1v) is 11.4. The average molecular weight is 402 g/mol. The predicted molar refractivity (Wildman–Crippen MR) is 117 cm³/mol. The van der Waals surface area contributed by atoms with Crippen LogP contribution in [0.2, 0.25) is 0 Å². The van der Waals surface area contributed by atoms with Gasteiger partial charge in [-0.1, -0.05) is 49.6 Å². The zero-order chi connectivity index (χ0) is 20.9. The molecule has 5 nitrogen and oxygen atoms in total. The fraction of sp³-hybridized carbons (Fsp3) is 0.708. The molecule has 1 aliphatic carbocycles. The number of nitrogens with zero attached hydrogens (tertiary/aromatic N) is 2. The number of carbonyl (C=O) groups excluding carboxylic acids is 1. The van der Waals surface area contributed by atoms with E-state index in [4.69, 9.17) is 10.6 Å². The summed E-state index contributed by atoms with van der Waals surface area (Å²) in [5.41, 5.74) is 7.19. The summed E-state index contributed by atoms with van der Waals surface area (Å²) < 4.78 is 0. The lowest BCUT2D eigenvalue weighted by Gasteiger charge is -2.47. The number of hydroxylamine groups is 2. The molecule has 1 saturated carbocycles. The van der Waals surface area contributed by atoms with Crippen LogP contribution in [0.25, 0.3) is 0 Å². The van der Waals surface area contributed by atoms with Gasteiger partial charge in [0, 0.05) is 37.8 Å². The topological polar surface area (TPSA) is 58.8 Å². The van der Waals surface area contributed by atoms with Gasteiger partial charge in [0.05, 0.1) is 5.41 Å². The second kappa shape index (κ2) is 10.1. The van der Waals surface area contributed by atoms with Crippen LogP contribution in [0.1, 0.15) is 77.3 Å². The molecule has 2 aliphatic rings. The van der Waals surface area contributed by atoms with E-state index in [1.165, 1.54) is 37.7 Å². The van der Waals surface area contributed by atoms with Gasteiger partial charge < -0.3 is 10.6 Å². The highest BCUT2D eigenvalue weighted by Crippen LogP contribution is 2.35. The van der Waals surface area contributed by atoms with Gasteiger partial charge in [-0.15, -0.1) is 5.06 Å². The maximum absolute atomic E-state index is 12.2. The molecule has 3 rings (SSSR count). The molecule has 5 heteroatoms. The van der Waals surface area contributed by atoms with E-state index in [9.17, 15) is 4.79 Å². The summed E-state index contributed by atoms with van der Waals surface area (Å²) in [6, 6.07) is 12.1. The van der Waals surface area contributed by atoms with Gasteiger partial charge in [0.1, 0.15) is 0 Å². The van der Waals surface area contributed by atoms with Crippen LogP contribution in [0, 0.1) is 5.41 Å². The number of nitrogens with two attached hydrogens (primary N) is 1. The van der Waals surface area contributed by atoms with Crippen LogP contribution < -0.4 is 5.73 Å². The molecule has 1 aliphatic heterocycles. The normalized spacial score (nSPS) is 21.3. The Morgan fingerprint density at radius 1 is 1.07 bits per heavy atom. The number of carbonyl (C=O) groups is 1. The van der Waals surface area contributed by atoms with E-state index in [0.717, 1.165) is 25.9 Å². The molecule has 29 heavy (non-hydrogen) atoms. The third-order valence-electron chi connectivity index (χ3n) is 6.43. The van der Waals surface area contributed by atoms with E-state index >= 15 is 0 Å². The third-order valence-corrected chi connectivity index (χ3v) is 6.43. The van der Waals surface area contributed by atoms with Gasteiger partial charge in [0.2, 0.25) is 0 Å². The summed E-state index contributed by atoms with van der Waals surface area (Å²) in [6.45, 7) is 7.93. The molecule has 1 atom stereocenters. The monoisotopic (exact) mass is 401 g/mol. The lowest BCUT2D eigenvalue weighted by molar-refractivity contribution is -0.207. The minimum absolute atomic E-state index is 0.149. The van der Waals surface area contributed by atoms with Crippen molar-refractivity contribution in [3.05, 3.63) is 35.9 Å². The van der Waals surface area contributed by atoms with E-state index in [0.29, 0.717) is 18.6 Å². The highest BCUT2D eigenvalue weighted by Gasteiger charge is 2.36. The van der Waals surface area contributed by atoms with Gasteiger partial charge in [0.25, 0.3) is 0 Å². The molecule has 1 aromatic rings. The van der Waals surface area contributed by atoms with Crippen LogP contribution in [-0.2, 0) is 9.63 Å². The van der Waals surface area contributed by atoms with Gasteiger partial charge in [-0.25, -0.2) is 4.79 Å². The number of piperidine rings is 1. The summed E-state index contributed by atoms with van der Waals surface area (Å²) in [5.74, 6) is -0.149. The Bertz CT molecular complexity index is 629. The first-order valence-electron chi connectivity index (χ1n) is 11.4. The smallest absolute Gasteiger partial charge is 0.330 e. The first-order chi connectivity index (χ1) is 13.9.